The minimum Gasteiger partial charge on any atom is -0.457 e. The standard InChI is InChI=1S/C28H23NO/c1-18-14-26-21(4)30-20(3)25(26)13-12-19(2)29(17-18)28-11-7-10-24-15-22-8-5-6-9-23(22)16-27(24)28/h5-11,13-16H,1-4,12,17H2/b25-13-,26-14-. The molecule has 1 aromatic heterocycles. The third-order valence-electron chi connectivity index (χ3n) is 5.79. The van der Waals surface area contributed by atoms with Crippen molar-refractivity contribution in [2.45, 2.75) is 6.42 Å². The molecular weight excluding hydrogens is 366 g/mol. The molecule has 2 heteroatoms. The quantitative estimate of drug-likeness (QED) is 0.459. The van der Waals surface area contributed by atoms with E-state index in [-0.39, 0.29) is 0 Å². The van der Waals surface area contributed by atoms with Crippen molar-refractivity contribution >= 4 is 52.5 Å². The summed E-state index contributed by atoms with van der Waals surface area (Å²) in [6, 6.07) is 19.4. The lowest BCUT2D eigenvalue weighted by molar-refractivity contribution is 0.501. The summed E-state index contributed by atoms with van der Waals surface area (Å²) in [6.45, 7) is 17.4. The largest absolute Gasteiger partial charge is 0.457 e. The molecule has 4 aromatic rings. The predicted molar refractivity (Wildman–Crippen MR) is 129 cm³/mol. The van der Waals surface area contributed by atoms with Gasteiger partial charge in [0, 0.05) is 40.2 Å². The molecule has 0 saturated heterocycles. The lowest BCUT2D eigenvalue weighted by atomic mass is 10.0. The molecule has 0 saturated carbocycles. The molecule has 0 amide bonds. The van der Waals surface area contributed by atoms with E-state index in [1.165, 1.54) is 21.5 Å². The Morgan fingerprint density at radius 1 is 0.767 bits per heavy atom. The van der Waals surface area contributed by atoms with Gasteiger partial charge in [-0.15, -0.1) is 0 Å². The van der Waals surface area contributed by atoms with Crippen LogP contribution >= 0.6 is 0 Å². The maximum absolute atomic E-state index is 5.64. The summed E-state index contributed by atoms with van der Waals surface area (Å²) in [7, 11) is 0. The fraction of sp³-hybridized carbons (Fsp3) is 0.0714. The zero-order valence-corrected chi connectivity index (χ0v) is 16.9. The zero-order chi connectivity index (χ0) is 20.8. The SMILES string of the molecule is C=C1/C=c2/c(=C)oc(=C)/c2=C/CC(=C)N(c2cccc3cc4ccccc4cc23)C1. The van der Waals surface area contributed by atoms with E-state index in [0.717, 1.165) is 27.4 Å². The molecule has 0 fully saturated rings. The molecule has 2 nitrogen and oxygen atoms in total. The number of allylic oxidation sites excluding steroid dienone is 1. The second kappa shape index (κ2) is 6.93. The Labute approximate surface area is 175 Å². The average Bonchev–Trinajstić information content (AvgIpc) is 3.03. The third kappa shape index (κ3) is 2.98. The van der Waals surface area contributed by atoms with Crippen molar-refractivity contribution in [3.8, 4) is 0 Å². The van der Waals surface area contributed by atoms with Crippen molar-refractivity contribution in [2.75, 3.05) is 11.4 Å². The molecule has 0 aliphatic carbocycles. The van der Waals surface area contributed by atoms with Crippen molar-refractivity contribution in [1.82, 2.24) is 0 Å². The van der Waals surface area contributed by atoms with Crippen molar-refractivity contribution < 1.29 is 4.42 Å². The number of nitrogens with zero attached hydrogens (tertiary/aromatic N) is 1. The highest BCUT2D eigenvalue weighted by Crippen LogP contribution is 2.33. The van der Waals surface area contributed by atoms with Crippen LogP contribution in [0.15, 0.2) is 83.4 Å². The maximum Gasteiger partial charge on any atom is 0.128 e. The van der Waals surface area contributed by atoms with Gasteiger partial charge in [-0.25, -0.2) is 0 Å². The van der Waals surface area contributed by atoms with Crippen molar-refractivity contribution in [2.24, 2.45) is 0 Å². The summed E-state index contributed by atoms with van der Waals surface area (Å²) in [5, 5.41) is 6.84. The highest BCUT2D eigenvalue weighted by Gasteiger charge is 2.15. The van der Waals surface area contributed by atoms with Crippen LogP contribution in [0.25, 0.3) is 46.9 Å². The summed E-state index contributed by atoms with van der Waals surface area (Å²) < 4.78 is 5.64. The monoisotopic (exact) mass is 389 g/mol. The van der Waals surface area contributed by atoms with Gasteiger partial charge in [0.1, 0.15) is 10.8 Å². The van der Waals surface area contributed by atoms with Crippen LogP contribution in [0.3, 0.4) is 0 Å². The van der Waals surface area contributed by atoms with Crippen LogP contribution < -0.4 is 26.2 Å². The van der Waals surface area contributed by atoms with Gasteiger partial charge in [-0.3, -0.25) is 0 Å². The van der Waals surface area contributed by atoms with E-state index in [1.807, 2.05) is 0 Å². The van der Waals surface area contributed by atoms with Gasteiger partial charge in [-0.2, -0.15) is 0 Å². The molecule has 0 radical (unpaired) electrons. The first-order valence-corrected chi connectivity index (χ1v) is 10.0. The lowest BCUT2D eigenvalue weighted by Crippen LogP contribution is -2.36. The smallest absolute Gasteiger partial charge is 0.128 e. The molecular formula is C28H23NO. The summed E-state index contributed by atoms with van der Waals surface area (Å²) in [4.78, 5) is 2.26. The van der Waals surface area contributed by atoms with Crippen LogP contribution in [0.2, 0.25) is 0 Å². The van der Waals surface area contributed by atoms with Crippen molar-refractivity contribution in [3.05, 3.63) is 100 Å². The summed E-state index contributed by atoms with van der Waals surface area (Å²) in [6.07, 6.45) is 4.87. The first-order valence-electron chi connectivity index (χ1n) is 10.0. The Bertz CT molecular complexity index is 1570. The summed E-state index contributed by atoms with van der Waals surface area (Å²) >= 11 is 0. The molecule has 5 rings (SSSR count). The molecule has 1 aliphatic rings. The second-order valence-corrected chi connectivity index (χ2v) is 7.84. The van der Waals surface area contributed by atoms with Gasteiger partial charge in [-0.05, 0) is 46.0 Å². The fourth-order valence-corrected chi connectivity index (χ4v) is 4.28. The Kier molecular flexibility index (Phi) is 4.22. The molecule has 0 atom stereocenters. The topological polar surface area (TPSA) is 16.4 Å². The number of hydrogen-bond acceptors (Lipinski definition) is 2. The minimum atomic E-state index is 0.628. The van der Waals surface area contributed by atoms with Gasteiger partial charge in [0.25, 0.3) is 0 Å². The van der Waals surface area contributed by atoms with Crippen LogP contribution in [0.1, 0.15) is 6.42 Å². The number of benzene rings is 3. The van der Waals surface area contributed by atoms with Crippen LogP contribution in [-0.4, -0.2) is 6.54 Å². The maximum atomic E-state index is 5.64. The van der Waals surface area contributed by atoms with Crippen LogP contribution in [0, 0.1) is 0 Å². The highest BCUT2D eigenvalue weighted by atomic mass is 16.3. The second-order valence-electron chi connectivity index (χ2n) is 7.84. The number of hydrogen-bond donors (Lipinski definition) is 0. The fourth-order valence-electron chi connectivity index (χ4n) is 4.28. The molecule has 0 spiro atoms. The average molecular weight is 389 g/mol. The normalized spacial score (nSPS) is 16.9. The zero-order valence-electron chi connectivity index (χ0n) is 16.9. The number of rotatable bonds is 1. The summed E-state index contributed by atoms with van der Waals surface area (Å²) in [5.41, 5.74) is 4.38. The molecule has 2 heterocycles. The number of fused-ring (bicyclic) bond motifs is 3. The highest BCUT2D eigenvalue weighted by molar-refractivity contribution is 6.04. The Morgan fingerprint density at radius 3 is 2.27 bits per heavy atom. The molecule has 0 unspecified atom stereocenters. The van der Waals surface area contributed by atoms with Gasteiger partial charge in [0.15, 0.2) is 0 Å². The first kappa shape index (κ1) is 18.3. The first-order chi connectivity index (χ1) is 14.5. The van der Waals surface area contributed by atoms with Gasteiger partial charge < -0.3 is 9.32 Å². The Hall–Kier alpha value is -3.78. The Morgan fingerprint density at radius 2 is 1.47 bits per heavy atom. The van der Waals surface area contributed by atoms with E-state index in [0.29, 0.717) is 23.8 Å². The molecule has 0 N–H and O–H groups in total. The number of furan rings is 1. The van der Waals surface area contributed by atoms with E-state index >= 15 is 0 Å². The Balaban J connectivity index is 1.70. The number of anilines is 1. The van der Waals surface area contributed by atoms with E-state index < -0.39 is 0 Å². The molecule has 30 heavy (non-hydrogen) atoms. The van der Waals surface area contributed by atoms with Crippen molar-refractivity contribution in [1.29, 1.82) is 0 Å². The summed E-state index contributed by atoms with van der Waals surface area (Å²) in [5.74, 6) is 0. The van der Waals surface area contributed by atoms with E-state index in [4.69, 9.17) is 4.42 Å². The molecule has 1 aliphatic heterocycles. The third-order valence-corrected chi connectivity index (χ3v) is 5.79. The van der Waals surface area contributed by atoms with Crippen LogP contribution in [-0.2, 0) is 0 Å². The van der Waals surface area contributed by atoms with E-state index in [2.05, 4.69) is 98.0 Å². The van der Waals surface area contributed by atoms with Gasteiger partial charge in [-0.1, -0.05) is 68.8 Å². The molecule has 3 aromatic carbocycles. The predicted octanol–water partition coefficient (Wildman–Crippen LogP) is 3.95. The van der Waals surface area contributed by atoms with E-state index in [9.17, 15) is 0 Å². The van der Waals surface area contributed by atoms with Crippen molar-refractivity contribution in [3.63, 3.8) is 0 Å². The van der Waals surface area contributed by atoms with Gasteiger partial charge in [0.2, 0.25) is 0 Å². The molecule has 0 bridgehead atoms. The van der Waals surface area contributed by atoms with Crippen LogP contribution in [0.4, 0.5) is 5.69 Å². The minimum absolute atomic E-state index is 0.628. The van der Waals surface area contributed by atoms with Gasteiger partial charge in [0.05, 0.1) is 0 Å². The van der Waals surface area contributed by atoms with Gasteiger partial charge >= 0.3 is 0 Å². The lowest BCUT2D eigenvalue weighted by Gasteiger charge is -2.28. The van der Waals surface area contributed by atoms with Crippen LogP contribution in [0.5, 0.6) is 0 Å². The van der Waals surface area contributed by atoms with E-state index in [1.54, 1.807) is 0 Å². The molecule has 146 valence electrons.